The summed E-state index contributed by atoms with van der Waals surface area (Å²) in [6.07, 6.45) is 8.60. The quantitative estimate of drug-likeness (QED) is 0.521. The van der Waals surface area contributed by atoms with Crippen LogP contribution in [0.5, 0.6) is 0 Å². The minimum Gasteiger partial charge on any atom is -0.359 e. The van der Waals surface area contributed by atoms with Gasteiger partial charge in [0, 0.05) is 47.7 Å². The maximum Gasteiger partial charge on any atom is 0.0707 e. The van der Waals surface area contributed by atoms with Gasteiger partial charge in [-0.25, -0.2) is 0 Å². The van der Waals surface area contributed by atoms with Crippen LogP contribution in [0.4, 0.5) is 0 Å². The van der Waals surface area contributed by atoms with Gasteiger partial charge in [-0.3, -0.25) is 9.88 Å². The number of nitrogens with one attached hydrogen (secondary N) is 1. The van der Waals surface area contributed by atoms with Crippen molar-refractivity contribution in [3.05, 3.63) is 84.6 Å². The molecular formula is C23H25ClN4. The second-order valence-electron chi connectivity index (χ2n) is 7.39. The summed E-state index contributed by atoms with van der Waals surface area (Å²) in [6, 6.07) is 19.2. The highest BCUT2D eigenvalue weighted by atomic mass is 35.5. The Balaban J connectivity index is 0.00000192. The molecule has 1 aromatic carbocycles. The lowest BCUT2D eigenvalue weighted by molar-refractivity contribution is 0.200. The van der Waals surface area contributed by atoms with Gasteiger partial charge >= 0.3 is 0 Å². The molecule has 0 amide bonds. The summed E-state index contributed by atoms with van der Waals surface area (Å²) in [6.45, 7) is 3.21. The average molecular weight is 393 g/mol. The summed E-state index contributed by atoms with van der Waals surface area (Å²) in [5.74, 6) is 0.605. The molecule has 0 bridgehead atoms. The Morgan fingerprint density at radius 1 is 0.964 bits per heavy atom. The Morgan fingerprint density at radius 2 is 1.79 bits per heavy atom. The summed E-state index contributed by atoms with van der Waals surface area (Å²) in [4.78, 5) is 10.4. The second kappa shape index (κ2) is 8.21. The lowest BCUT2D eigenvalue weighted by atomic mass is 9.93. The molecule has 4 heterocycles. The van der Waals surface area contributed by atoms with Gasteiger partial charge in [-0.2, -0.15) is 0 Å². The Morgan fingerprint density at radius 3 is 2.61 bits per heavy atom. The number of halogens is 1. The summed E-state index contributed by atoms with van der Waals surface area (Å²) >= 11 is 0. The van der Waals surface area contributed by atoms with Gasteiger partial charge in [-0.15, -0.1) is 12.4 Å². The number of hydrogen-bond acceptors (Lipinski definition) is 2. The van der Waals surface area contributed by atoms with Crippen molar-refractivity contribution in [2.75, 3.05) is 13.1 Å². The molecular weight excluding hydrogens is 368 g/mol. The smallest absolute Gasteiger partial charge is 0.0707 e. The number of rotatable bonds is 4. The van der Waals surface area contributed by atoms with Crippen LogP contribution in [0.2, 0.25) is 0 Å². The first kappa shape index (κ1) is 18.8. The molecule has 3 aromatic heterocycles. The molecule has 1 aliphatic heterocycles. The van der Waals surface area contributed by atoms with Gasteiger partial charge in [-0.1, -0.05) is 24.3 Å². The van der Waals surface area contributed by atoms with Crippen molar-refractivity contribution < 1.29 is 0 Å². The van der Waals surface area contributed by atoms with E-state index in [4.69, 9.17) is 0 Å². The molecule has 0 radical (unpaired) electrons. The van der Waals surface area contributed by atoms with Gasteiger partial charge in [0.05, 0.1) is 11.4 Å². The number of aromatic amines is 1. The van der Waals surface area contributed by atoms with E-state index in [1.165, 1.54) is 35.1 Å². The molecule has 1 N–H and O–H groups in total. The monoisotopic (exact) mass is 392 g/mol. The van der Waals surface area contributed by atoms with Gasteiger partial charge in [-0.05, 0) is 56.3 Å². The first-order chi connectivity index (χ1) is 13.4. The van der Waals surface area contributed by atoms with Crippen LogP contribution in [-0.4, -0.2) is 32.5 Å². The third-order valence-electron chi connectivity index (χ3n) is 5.72. The Bertz CT molecular complexity index is 1030. The molecule has 28 heavy (non-hydrogen) atoms. The van der Waals surface area contributed by atoms with Gasteiger partial charge in [0.1, 0.15) is 0 Å². The van der Waals surface area contributed by atoms with Crippen molar-refractivity contribution in [2.24, 2.45) is 0 Å². The van der Waals surface area contributed by atoms with Crippen molar-refractivity contribution >= 4 is 23.3 Å². The Labute approximate surface area is 171 Å². The minimum absolute atomic E-state index is 0. The first-order valence-corrected chi connectivity index (χ1v) is 9.74. The molecule has 4 aromatic rings. The summed E-state index contributed by atoms with van der Waals surface area (Å²) < 4.78 is 2.37. The first-order valence-electron chi connectivity index (χ1n) is 9.74. The molecule has 1 aliphatic rings. The molecule has 5 heteroatoms. The highest BCUT2D eigenvalue weighted by molar-refractivity contribution is 5.88. The molecule has 0 saturated carbocycles. The highest BCUT2D eigenvalue weighted by Crippen LogP contribution is 2.32. The lowest BCUT2D eigenvalue weighted by Crippen LogP contribution is -2.33. The molecule has 0 unspecified atom stereocenters. The van der Waals surface area contributed by atoms with Crippen LogP contribution in [0.25, 0.3) is 16.6 Å². The SMILES string of the molecule is Cl.c1ccc(CN2CCC(c3cccn3-c3c[nH]c4ccccc34)CC2)nc1. The third-order valence-corrected chi connectivity index (χ3v) is 5.72. The summed E-state index contributed by atoms with van der Waals surface area (Å²) in [5, 5.41) is 1.28. The van der Waals surface area contributed by atoms with E-state index in [-0.39, 0.29) is 12.4 Å². The highest BCUT2D eigenvalue weighted by Gasteiger charge is 2.23. The van der Waals surface area contributed by atoms with Crippen molar-refractivity contribution in [2.45, 2.75) is 25.3 Å². The normalized spacial score (nSPS) is 15.6. The average Bonchev–Trinajstić information content (AvgIpc) is 3.36. The van der Waals surface area contributed by atoms with E-state index in [2.05, 4.69) is 80.4 Å². The number of para-hydroxylation sites is 1. The zero-order chi connectivity index (χ0) is 18.1. The largest absolute Gasteiger partial charge is 0.359 e. The Hall–Kier alpha value is -2.56. The molecule has 144 valence electrons. The van der Waals surface area contributed by atoms with Crippen LogP contribution in [0.15, 0.2) is 73.2 Å². The zero-order valence-corrected chi connectivity index (χ0v) is 16.6. The number of benzene rings is 1. The predicted octanol–water partition coefficient (Wildman–Crippen LogP) is 5.16. The van der Waals surface area contributed by atoms with Crippen LogP contribution in [0, 0.1) is 0 Å². The van der Waals surface area contributed by atoms with Crippen LogP contribution in [-0.2, 0) is 6.54 Å². The summed E-state index contributed by atoms with van der Waals surface area (Å²) in [5.41, 5.74) is 5.04. The van der Waals surface area contributed by atoms with Crippen LogP contribution in [0.3, 0.4) is 0 Å². The predicted molar refractivity (Wildman–Crippen MR) is 116 cm³/mol. The van der Waals surface area contributed by atoms with Crippen molar-refractivity contribution in [1.82, 2.24) is 19.4 Å². The number of piperidine rings is 1. The third kappa shape index (κ3) is 3.58. The fourth-order valence-corrected chi connectivity index (χ4v) is 4.31. The van der Waals surface area contributed by atoms with E-state index < -0.39 is 0 Å². The fourth-order valence-electron chi connectivity index (χ4n) is 4.31. The van der Waals surface area contributed by atoms with Crippen LogP contribution < -0.4 is 0 Å². The van der Waals surface area contributed by atoms with Crippen molar-refractivity contribution in [3.63, 3.8) is 0 Å². The molecule has 1 fully saturated rings. The van der Waals surface area contributed by atoms with Gasteiger partial charge in [0.2, 0.25) is 0 Å². The second-order valence-corrected chi connectivity index (χ2v) is 7.39. The number of nitrogens with zero attached hydrogens (tertiary/aromatic N) is 3. The molecule has 0 aliphatic carbocycles. The standard InChI is InChI=1S/C23H24N4.ClH/c1-2-8-21-20(7-1)23(16-25-21)27-13-5-9-22(27)18-10-14-26(15-11-18)17-19-6-3-4-12-24-19;/h1-9,12-13,16,18,25H,10-11,14-15,17H2;1H. The maximum absolute atomic E-state index is 4.47. The number of aromatic nitrogens is 3. The van der Waals surface area contributed by atoms with E-state index >= 15 is 0 Å². The fraction of sp³-hybridized carbons (Fsp3) is 0.261. The minimum atomic E-state index is 0. The van der Waals surface area contributed by atoms with E-state index in [0.717, 1.165) is 25.3 Å². The lowest BCUT2D eigenvalue weighted by Gasteiger charge is -2.32. The molecule has 0 atom stereocenters. The number of hydrogen-bond donors (Lipinski definition) is 1. The molecule has 1 saturated heterocycles. The van der Waals surface area contributed by atoms with Gasteiger partial charge < -0.3 is 9.55 Å². The van der Waals surface area contributed by atoms with Gasteiger partial charge in [0.25, 0.3) is 0 Å². The number of fused-ring (bicyclic) bond motifs is 1. The molecule has 0 spiro atoms. The van der Waals surface area contributed by atoms with E-state index in [9.17, 15) is 0 Å². The van der Waals surface area contributed by atoms with Crippen LogP contribution in [0.1, 0.15) is 30.1 Å². The molecule has 4 nitrogen and oxygen atoms in total. The topological polar surface area (TPSA) is 36.9 Å². The zero-order valence-electron chi connectivity index (χ0n) is 15.8. The van der Waals surface area contributed by atoms with Crippen molar-refractivity contribution in [3.8, 4) is 5.69 Å². The molecule has 5 rings (SSSR count). The van der Waals surface area contributed by atoms with E-state index in [1.54, 1.807) is 0 Å². The van der Waals surface area contributed by atoms with Gasteiger partial charge in [0.15, 0.2) is 0 Å². The van der Waals surface area contributed by atoms with Crippen molar-refractivity contribution in [1.29, 1.82) is 0 Å². The number of likely N-dealkylation sites (tertiary alicyclic amines) is 1. The van der Waals surface area contributed by atoms with E-state index in [0.29, 0.717) is 5.92 Å². The summed E-state index contributed by atoms with van der Waals surface area (Å²) in [7, 11) is 0. The maximum atomic E-state index is 4.47. The Kier molecular flexibility index (Phi) is 5.51. The number of pyridine rings is 1. The van der Waals surface area contributed by atoms with E-state index in [1.807, 2.05) is 12.3 Å². The van der Waals surface area contributed by atoms with Crippen LogP contribution >= 0.6 is 12.4 Å². The number of H-pyrrole nitrogens is 1.